The van der Waals surface area contributed by atoms with Gasteiger partial charge in [-0.1, -0.05) is 6.92 Å². The van der Waals surface area contributed by atoms with Crippen LogP contribution in [0.4, 0.5) is 4.79 Å². The predicted octanol–water partition coefficient (Wildman–Crippen LogP) is 0.834. The second-order valence-electron chi connectivity index (χ2n) is 5.95. The molecule has 1 heterocycles. The number of hydrogen-bond donors (Lipinski definition) is 2. The van der Waals surface area contributed by atoms with Crippen LogP contribution in [0.5, 0.6) is 0 Å². The summed E-state index contributed by atoms with van der Waals surface area (Å²) in [5.74, 6) is 0.0486. The smallest absolute Gasteiger partial charge is 0.323 e. The van der Waals surface area contributed by atoms with Gasteiger partial charge >= 0.3 is 12.0 Å². The topological polar surface area (TPSA) is 72.9 Å². The summed E-state index contributed by atoms with van der Waals surface area (Å²) >= 11 is 0. The van der Waals surface area contributed by atoms with E-state index in [9.17, 15) is 9.59 Å². The first-order chi connectivity index (χ1) is 9.58. The molecule has 0 aromatic rings. The van der Waals surface area contributed by atoms with Gasteiger partial charge in [0.25, 0.3) is 0 Å². The van der Waals surface area contributed by atoms with Crippen LogP contribution in [0.15, 0.2) is 0 Å². The van der Waals surface area contributed by atoms with Crippen LogP contribution in [0, 0.1) is 11.8 Å². The lowest BCUT2D eigenvalue weighted by molar-refractivity contribution is -0.137. The molecule has 0 radical (unpaired) electrons. The van der Waals surface area contributed by atoms with E-state index in [0.717, 1.165) is 38.9 Å². The van der Waals surface area contributed by atoms with Gasteiger partial charge in [0.05, 0.1) is 0 Å². The van der Waals surface area contributed by atoms with E-state index in [1.54, 1.807) is 0 Å². The summed E-state index contributed by atoms with van der Waals surface area (Å²) < 4.78 is 0. The number of hydrogen-bond acceptors (Lipinski definition) is 3. The lowest BCUT2D eigenvalue weighted by Gasteiger charge is -2.22. The van der Waals surface area contributed by atoms with Crippen molar-refractivity contribution in [2.75, 3.05) is 39.3 Å². The molecule has 0 spiro atoms. The van der Waals surface area contributed by atoms with Crippen molar-refractivity contribution < 1.29 is 14.7 Å². The van der Waals surface area contributed by atoms with Crippen molar-refractivity contribution in [3.05, 3.63) is 0 Å². The molecule has 20 heavy (non-hydrogen) atoms. The second-order valence-corrected chi connectivity index (χ2v) is 5.95. The van der Waals surface area contributed by atoms with E-state index in [0.29, 0.717) is 24.9 Å². The van der Waals surface area contributed by atoms with Crippen molar-refractivity contribution in [3.8, 4) is 0 Å². The third-order valence-corrected chi connectivity index (χ3v) is 4.15. The molecule has 1 aliphatic carbocycles. The normalized spacial score (nSPS) is 22.8. The van der Waals surface area contributed by atoms with Gasteiger partial charge in [-0.15, -0.1) is 0 Å². The van der Waals surface area contributed by atoms with Gasteiger partial charge in [0.1, 0.15) is 6.54 Å². The van der Waals surface area contributed by atoms with Gasteiger partial charge in [-0.25, -0.2) is 4.79 Å². The van der Waals surface area contributed by atoms with E-state index in [1.165, 1.54) is 4.90 Å². The van der Waals surface area contributed by atoms with Crippen molar-refractivity contribution >= 4 is 12.0 Å². The molecule has 1 atom stereocenters. The number of nitrogens with zero attached hydrogens (tertiary/aromatic N) is 2. The Labute approximate surface area is 120 Å². The summed E-state index contributed by atoms with van der Waals surface area (Å²) in [7, 11) is 0. The molecule has 1 saturated heterocycles. The van der Waals surface area contributed by atoms with E-state index in [1.807, 2.05) is 0 Å². The first-order valence-electron chi connectivity index (χ1n) is 7.55. The van der Waals surface area contributed by atoms with Gasteiger partial charge in [0.15, 0.2) is 0 Å². The molecule has 0 bridgehead atoms. The summed E-state index contributed by atoms with van der Waals surface area (Å²) in [6.45, 7) is 6.34. The summed E-state index contributed by atoms with van der Waals surface area (Å²) in [4.78, 5) is 26.7. The molecule has 1 aliphatic heterocycles. The van der Waals surface area contributed by atoms with Crippen molar-refractivity contribution in [2.24, 2.45) is 11.8 Å². The van der Waals surface area contributed by atoms with Gasteiger partial charge in [-0.2, -0.15) is 0 Å². The summed E-state index contributed by atoms with van der Waals surface area (Å²) in [6, 6.07) is -0.228. The zero-order valence-electron chi connectivity index (χ0n) is 12.2. The van der Waals surface area contributed by atoms with Crippen LogP contribution in [0.3, 0.4) is 0 Å². The molecular weight excluding hydrogens is 258 g/mol. The van der Waals surface area contributed by atoms with Gasteiger partial charge in [-0.3, -0.25) is 4.79 Å². The highest BCUT2D eigenvalue weighted by Gasteiger charge is 2.28. The van der Waals surface area contributed by atoms with Crippen LogP contribution < -0.4 is 5.32 Å². The largest absolute Gasteiger partial charge is 0.480 e. The molecule has 6 heteroatoms. The maximum Gasteiger partial charge on any atom is 0.323 e. The molecule has 0 aromatic heterocycles. The fraction of sp³-hybridized carbons (Fsp3) is 0.857. The molecule has 1 saturated carbocycles. The number of urea groups is 1. The quantitative estimate of drug-likeness (QED) is 0.726. The maximum absolute atomic E-state index is 12.1. The van der Waals surface area contributed by atoms with Crippen molar-refractivity contribution in [1.82, 2.24) is 15.1 Å². The molecule has 1 unspecified atom stereocenters. The highest BCUT2D eigenvalue weighted by Crippen LogP contribution is 2.29. The Morgan fingerprint density at radius 3 is 2.60 bits per heavy atom. The zero-order chi connectivity index (χ0) is 14.5. The number of carbonyl (C=O) groups is 2. The van der Waals surface area contributed by atoms with E-state index >= 15 is 0 Å². The van der Waals surface area contributed by atoms with Gasteiger partial charge in [-0.05, 0) is 44.2 Å². The molecule has 114 valence electrons. The van der Waals surface area contributed by atoms with Crippen LogP contribution in [0.25, 0.3) is 0 Å². The highest BCUT2D eigenvalue weighted by molar-refractivity contribution is 5.80. The Hall–Kier alpha value is -1.30. The van der Waals surface area contributed by atoms with Gasteiger partial charge in [0.2, 0.25) is 0 Å². The van der Waals surface area contributed by atoms with Crippen LogP contribution in [0.1, 0.15) is 26.2 Å². The van der Waals surface area contributed by atoms with Crippen molar-refractivity contribution in [1.29, 1.82) is 0 Å². The Bertz CT molecular complexity index is 358. The van der Waals surface area contributed by atoms with Crippen molar-refractivity contribution in [2.45, 2.75) is 26.2 Å². The molecule has 2 rings (SSSR count). The first-order valence-corrected chi connectivity index (χ1v) is 7.55. The number of carboxylic acids is 1. The third-order valence-electron chi connectivity index (χ3n) is 4.15. The van der Waals surface area contributed by atoms with Crippen LogP contribution in [0.2, 0.25) is 0 Å². The molecule has 2 fully saturated rings. The minimum atomic E-state index is -0.946. The lowest BCUT2D eigenvalue weighted by Crippen LogP contribution is -2.45. The van der Waals surface area contributed by atoms with E-state index < -0.39 is 5.97 Å². The number of carbonyl (C=O) groups excluding carboxylic acids is 1. The fourth-order valence-corrected chi connectivity index (χ4v) is 2.70. The average Bonchev–Trinajstić information content (AvgIpc) is 3.10. The van der Waals surface area contributed by atoms with Gasteiger partial charge < -0.3 is 20.2 Å². The van der Waals surface area contributed by atoms with E-state index in [4.69, 9.17) is 5.11 Å². The first kappa shape index (κ1) is 15.1. The summed E-state index contributed by atoms with van der Waals surface area (Å²) in [6.07, 6.45) is 3.32. The number of amides is 2. The Morgan fingerprint density at radius 2 is 2.05 bits per heavy atom. The van der Waals surface area contributed by atoms with Crippen LogP contribution in [-0.4, -0.2) is 66.2 Å². The summed E-state index contributed by atoms with van der Waals surface area (Å²) in [5, 5.41) is 11.8. The third kappa shape index (κ3) is 4.67. The van der Waals surface area contributed by atoms with Crippen LogP contribution >= 0.6 is 0 Å². The average molecular weight is 283 g/mol. The number of rotatable bonds is 7. The molecular formula is C14H25N3O3. The predicted molar refractivity (Wildman–Crippen MR) is 75.6 cm³/mol. The number of carboxylic acid groups (broad SMARTS) is 1. The molecule has 0 aromatic carbocycles. The van der Waals surface area contributed by atoms with E-state index in [2.05, 4.69) is 17.1 Å². The monoisotopic (exact) mass is 283 g/mol. The minimum Gasteiger partial charge on any atom is -0.480 e. The molecule has 2 N–H and O–H groups in total. The number of nitrogens with one attached hydrogen (secondary N) is 1. The van der Waals surface area contributed by atoms with Crippen LogP contribution in [-0.2, 0) is 4.79 Å². The Balaban J connectivity index is 1.74. The zero-order valence-corrected chi connectivity index (χ0v) is 12.2. The van der Waals surface area contributed by atoms with Gasteiger partial charge in [0, 0.05) is 19.6 Å². The molecule has 6 nitrogen and oxygen atoms in total. The standard InChI is InChI=1S/C14H25N3O3/c1-2-16-6-5-12(8-16)7-15-14(20)17(10-13(18)19)9-11-3-4-11/h11-12H,2-10H2,1H3,(H,15,20)(H,18,19). The molecule has 2 aliphatic rings. The SMILES string of the molecule is CCN1CCC(CNC(=O)N(CC(=O)O)CC2CC2)C1. The molecule has 2 amide bonds. The number of likely N-dealkylation sites (tertiary alicyclic amines) is 1. The van der Waals surface area contributed by atoms with Crippen molar-refractivity contribution in [3.63, 3.8) is 0 Å². The fourth-order valence-electron chi connectivity index (χ4n) is 2.70. The number of aliphatic carboxylic acids is 1. The minimum absolute atomic E-state index is 0.200. The highest BCUT2D eigenvalue weighted by atomic mass is 16.4. The Morgan fingerprint density at radius 1 is 1.30 bits per heavy atom. The maximum atomic E-state index is 12.1. The Kier molecular flexibility index (Phi) is 5.23. The summed E-state index contributed by atoms with van der Waals surface area (Å²) in [5.41, 5.74) is 0. The second kappa shape index (κ2) is 6.92. The lowest BCUT2D eigenvalue weighted by atomic mass is 10.1. The van der Waals surface area contributed by atoms with E-state index in [-0.39, 0.29) is 12.6 Å².